The summed E-state index contributed by atoms with van der Waals surface area (Å²) in [6.07, 6.45) is 0.822. The zero-order chi connectivity index (χ0) is 23.3. The van der Waals surface area contributed by atoms with E-state index in [0.717, 1.165) is 57.5 Å². The first-order chi connectivity index (χ1) is 16.7. The monoisotopic (exact) mass is 467 g/mol. The van der Waals surface area contributed by atoms with Gasteiger partial charge in [0.1, 0.15) is 10.6 Å². The van der Waals surface area contributed by atoms with E-state index in [2.05, 4.69) is 41.7 Å². The molecule has 0 aliphatic heterocycles. The zero-order valence-corrected chi connectivity index (χ0v) is 19.9. The summed E-state index contributed by atoms with van der Waals surface area (Å²) in [7, 11) is 3.30. The zero-order valence-electron chi connectivity index (χ0n) is 19.1. The van der Waals surface area contributed by atoms with Gasteiger partial charge in [-0.2, -0.15) is 0 Å². The van der Waals surface area contributed by atoms with Crippen molar-refractivity contribution in [3.05, 3.63) is 90.5 Å². The Bertz CT molecular complexity index is 1400. The molecule has 0 saturated heterocycles. The molecule has 34 heavy (non-hydrogen) atoms. The van der Waals surface area contributed by atoms with Gasteiger partial charge in [0.05, 0.1) is 19.6 Å². The van der Waals surface area contributed by atoms with E-state index in [-0.39, 0.29) is 0 Å². The smallest absolute Gasteiger partial charge is 0.163 e. The fourth-order valence-corrected chi connectivity index (χ4v) is 4.92. The summed E-state index contributed by atoms with van der Waals surface area (Å²) in [5.74, 6) is 3.04. The third kappa shape index (κ3) is 4.58. The molecule has 5 rings (SSSR count). The fourth-order valence-electron chi connectivity index (χ4n) is 3.88. The Morgan fingerprint density at radius 2 is 1.47 bits per heavy atom. The van der Waals surface area contributed by atoms with Crippen LogP contribution >= 0.6 is 11.3 Å². The summed E-state index contributed by atoms with van der Waals surface area (Å²) in [5, 5.41) is 4.60. The molecule has 1 N–H and O–H groups in total. The molecule has 0 unspecified atom stereocenters. The summed E-state index contributed by atoms with van der Waals surface area (Å²) in [5.41, 5.74) is 3.35. The van der Waals surface area contributed by atoms with Crippen molar-refractivity contribution in [3.8, 4) is 33.3 Å². The van der Waals surface area contributed by atoms with Crippen molar-refractivity contribution >= 4 is 27.4 Å². The van der Waals surface area contributed by atoms with E-state index in [1.165, 1.54) is 10.4 Å². The van der Waals surface area contributed by atoms with Crippen LogP contribution in [-0.2, 0) is 6.42 Å². The van der Waals surface area contributed by atoms with Gasteiger partial charge < -0.3 is 14.8 Å². The minimum absolute atomic E-state index is 0.725. The fraction of sp³-hybridized carbons (Fsp3) is 0.143. The molecule has 2 heterocycles. The number of aromatic nitrogens is 2. The number of thiophene rings is 1. The molecule has 170 valence electrons. The number of rotatable bonds is 8. The molecular weight excluding hydrogens is 442 g/mol. The summed E-state index contributed by atoms with van der Waals surface area (Å²) in [4.78, 5) is 12.0. The van der Waals surface area contributed by atoms with E-state index in [9.17, 15) is 0 Å². The van der Waals surface area contributed by atoms with E-state index in [4.69, 9.17) is 19.4 Å². The minimum atomic E-state index is 0.725. The lowest BCUT2D eigenvalue weighted by Crippen LogP contribution is -2.08. The van der Waals surface area contributed by atoms with Crippen LogP contribution in [-0.4, -0.2) is 30.7 Å². The molecule has 0 fully saturated rings. The van der Waals surface area contributed by atoms with E-state index < -0.39 is 0 Å². The first-order valence-electron chi connectivity index (χ1n) is 11.1. The Morgan fingerprint density at radius 3 is 2.18 bits per heavy atom. The van der Waals surface area contributed by atoms with E-state index in [1.807, 2.05) is 48.5 Å². The molecular formula is C28H25N3O2S. The summed E-state index contributed by atoms with van der Waals surface area (Å²) >= 11 is 1.69. The van der Waals surface area contributed by atoms with Crippen LogP contribution in [0.1, 0.15) is 5.56 Å². The Hall–Kier alpha value is -3.90. The predicted octanol–water partition coefficient (Wildman–Crippen LogP) is 6.70. The number of hydrogen-bond donors (Lipinski definition) is 1. The maximum Gasteiger partial charge on any atom is 0.163 e. The van der Waals surface area contributed by atoms with Gasteiger partial charge in [-0.05, 0) is 35.7 Å². The second kappa shape index (κ2) is 9.93. The van der Waals surface area contributed by atoms with Gasteiger partial charge in [-0.3, -0.25) is 0 Å². The number of nitrogens with zero attached hydrogens (tertiary/aromatic N) is 2. The SMILES string of the molecule is COc1ccc(CCNc2nc(-c3ccccc3)nc3sc(-c4ccccc4)cc23)cc1OC. The van der Waals surface area contributed by atoms with Gasteiger partial charge in [-0.15, -0.1) is 11.3 Å². The summed E-state index contributed by atoms with van der Waals surface area (Å²) in [6, 6.07) is 28.7. The van der Waals surface area contributed by atoms with Gasteiger partial charge in [0.15, 0.2) is 17.3 Å². The second-order valence-electron chi connectivity index (χ2n) is 7.82. The maximum absolute atomic E-state index is 5.44. The van der Waals surface area contributed by atoms with Crippen molar-refractivity contribution in [2.45, 2.75) is 6.42 Å². The van der Waals surface area contributed by atoms with Crippen molar-refractivity contribution in [1.29, 1.82) is 0 Å². The van der Waals surface area contributed by atoms with Crippen molar-refractivity contribution < 1.29 is 9.47 Å². The van der Waals surface area contributed by atoms with Gasteiger partial charge >= 0.3 is 0 Å². The van der Waals surface area contributed by atoms with Crippen LogP contribution in [0, 0.1) is 0 Å². The van der Waals surface area contributed by atoms with E-state index in [1.54, 1.807) is 25.6 Å². The van der Waals surface area contributed by atoms with Crippen LogP contribution in [0.2, 0.25) is 0 Å². The largest absolute Gasteiger partial charge is 0.493 e. The Kier molecular flexibility index (Phi) is 6.40. The first-order valence-corrected chi connectivity index (χ1v) is 11.9. The molecule has 0 radical (unpaired) electrons. The lowest BCUT2D eigenvalue weighted by Gasteiger charge is -2.11. The van der Waals surface area contributed by atoms with Crippen LogP contribution in [0.15, 0.2) is 84.9 Å². The average Bonchev–Trinajstić information content (AvgIpc) is 3.34. The maximum atomic E-state index is 5.44. The molecule has 0 spiro atoms. The van der Waals surface area contributed by atoms with Gasteiger partial charge in [0.2, 0.25) is 0 Å². The van der Waals surface area contributed by atoms with E-state index >= 15 is 0 Å². The molecule has 6 heteroatoms. The molecule has 0 bridgehead atoms. The third-order valence-corrected chi connectivity index (χ3v) is 6.72. The highest BCUT2D eigenvalue weighted by atomic mass is 32.1. The van der Waals surface area contributed by atoms with Crippen molar-refractivity contribution in [2.24, 2.45) is 0 Å². The van der Waals surface area contributed by atoms with Crippen molar-refractivity contribution in [3.63, 3.8) is 0 Å². The van der Waals surface area contributed by atoms with Crippen LogP contribution in [0.4, 0.5) is 5.82 Å². The predicted molar refractivity (Wildman–Crippen MR) is 140 cm³/mol. The lowest BCUT2D eigenvalue weighted by atomic mass is 10.1. The number of ether oxygens (including phenoxy) is 2. The average molecular weight is 468 g/mol. The number of fused-ring (bicyclic) bond motifs is 1. The van der Waals surface area contributed by atoms with Crippen LogP contribution < -0.4 is 14.8 Å². The molecule has 0 aliphatic rings. The van der Waals surface area contributed by atoms with Crippen LogP contribution in [0.25, 0.3) is 32.0 Å². The topological polar surface area (TPSA) is 56.3 Å². The normalized spacial score (nSPS) is 10.9. The summed E-state index contributed by atoms with van der Waals surface area (Å²) in [6.45, 7) is 0.729. The Morgan fingerprint density at radius 1 is 0.765 bits per heavy atom. The summed E-state index contributed by atoms with van der Waals surface area (Å²) < 4.78 is 10.8. The van der Waals surface area contributed by atoms with Crippen LogP contribution in [0.3, 0.4) is 0 Å². The van der Waals surface area contributed by atoms with E-state index in [0.29, 0.717) is 0 Å². The van der Waals surface area contributed by atoms with Gasteiger partial charge in [-0.25, -0.2) is 9.97 Å². The number of hydrogen-bond acceptors (Lipinski definition) is 6. The Balaban J connectivity index is 1.46. The molecule has 0 aliphatic carbocycles. The van der Waals surface area contributed by atoms with Gasteiger partial charge in [-0.1, -0.05) is 66.7 Å². The van der Waals surface area contributed by atoms with Gasteiger partial charge in [0.25, 0.3) is 0 Å². The standard InChI is InChI=1S/C28H25N3O2S/c1-32-23-14-13-19(17-24(23)33-2)15-16-29-27-22-18-25(20-9-5-3-6-10-20)34-28(22)31-26(30-27)21-11-7-4-8-12-21/h3-14,17-18H,15-16H2,1-2H3,(H,29,30,31). The molecule has 0 atom stereocenters. The molecule has 0 saturated carbocycles. The lowest BCUT2D eigenvalue weighted by molar-refractivity contribution is 0.354. The highest BCUT2D eigenvalue weighted by Crippen LogP contribution is 2.36. The highest BCUT2D eigenvalue weighted by Gasteiger charge is 2.14. The number of anilines is 1. The number of methoxy groups -OCH3 is 2. The second-order valence-corrected chi connectivity index (χ2v) is 8.85. The molecule has 3 aromatic carbocycles. The first kappa shape index (κ1) is 21.9. The van der Waals surface area contributed by atoms with Gasteiger partial charge in [0, 0.05) is 17.0 Å². The van der Waals surface area contributed by atoms with Crippen molar-refractivity contribution in [2.75, 3.05) is 26.1 Å². The van der Waals surface area contributed by atoms with Crippen LogP contribution in [0.5, 0.6) is 11.5 Å². The highest BCUT2D eigenvalue weighted by molar-refractivity contribution is 7.21. The number of benzene rings is 3. The third-order valence-electron chi connectivity index (χ3n) is 5.64. The molecule has 0 amide bonds. The Labute approximate surface area is 203 Å². The number of nitrogens with one attached hydrogen (secondary N) is 1. The minimum Gasteiger partial charge on any atom is -0.493 e. The van der Waals surface area contributed by atoms with Crippen molar-refractivity contribution in [1.82, 2.24) is 9.97 Å². The molecule has 5 aromatic rings. The molecule has 2 aromatic heterocycles. The molecule has 5 nitrogen and oxygen atoms in total. The quantitative estimate of drug-likeness (QED) is 0.275.